The molecular formula is C11H9F2N3OS. The Morgan fingerprint density at radius 1 is 1.39 bits per heavy atom. The standard InChI is InChI=1S/C11H9F2N3OS/c1-6(7-2-3-8(12)9(13)4-7)15-11(17)10-5-14-16-18-10/h2-6H,1H3,(H,15,17). The Kier molecular flexibility index (Phi) is 3.61. The highest BCUT2D eigenvalue weighted by Gasteiger charge is 2.14. The van der Waals surface area contributed by atoms with E-state index in [9.17, 15) is 13.6 Å². The summed E-state index contributed by atoms with van der Waals surface area (Å²) in [6.07, 6.45) is 1.35. The fraction of sp³-hybridized carbons (Fsp3) is 0.182. The van der Waals surface area contributed by atoms with Crippen molar-refractivity contribution in [3.63, 3.8) is 0 Å². The first-order valence-electron chi connectivity index (χ1n) is 5.11. The molecule has 94 valence electrons. The first-order valence-corrected chi connectivity index (χ1v) is 5.88. The van der Waals surface area contributed by atoms with E-state index in [4.69, 9.17) is 0 Å². The molecule has 0 fully saturated rings. The summed E-state index contributed by atoms with van der Waals surface area (Å²) in [6.45, 7) is 1.68. The molecule has 4 nitrogen and oxygen atoms in total. The van der Waals surface area contributed by atoms with Gasteiger partial charge in [0.25, 0.3) is 5.91 Å². The van der Waals surface area contributed by atoms with Crippen LogP contribution in [0.5, 0.6) is 0 Å². The first-order chi connectivity index (χ1) is 8.58. The summed E-state index contributed by atoms with van der Waals surface area (Å²) in [5.41, 5.74) is 0.486. The van der Waals surface area contributed by atoms with Gasteiger partial charge in [0, 0.05) is 0 Å². The van der Waals surface area contributed by atoms with Crippen molar-refractivity contribution in [1.29, 1.82) is 0 Å². The third kappa shape index (κ3) is 2.67. The van der Waals surface area contributed by atoms with Gasteiger partial charge in [0.15, 0.2) is 11.6 Å². The molecule has 0 aliphatic carbocycles. The van der Waals surface area contributed by atoms with Crippen LogP contribution in [0.4, 0.5) is 8.78 Å². The quantitative estimate of drug-likeness (QED) is 0.930. The SMILES string of the molecule is CC(NC(=O)c1cnns1)c1ccc(F)c(F)c1. The van der Waals surface area contributed by atoms with Gasteiger partial charge in [-0.2, -0.15) is 0 Å². The Labute approximate surface area is 106 Å². The Balaban J connectivity index is 2.10. The molecule has 7 heteroatoms. The second kappa shape index (κ2) is 5.18. The second-order valence-corrected chi connectivity index (χ2v) is 4.44. The van der Waals surface area contributed by atoms with Crippen LogP contribution in [0.1, 0.15) is 28.2 Å². The maximum absolute atomic E-state index is 13.0. The predicted octanol–water partition coefficient (Wildman–Crippen LogP) is 2.31. The van der Waals surface area contributed by atoms with Crippen molar-refractivity contribution in [3.8, 4) is 0 Å². The van der Waals surface area contributed by atoms with E-state index in [1.54, 1.807) is 6.92 Å². The summed E-state index contributed by atoms with van der Waals surface area (Å²) >= 11 is 0.967. The van der Waals surface area contributed by atoms with Crippen LogP contribution in [0.15, 0.2) is 24.4 Å². The van der Waals surface area contributed by atoms with Crippen LogP contribution in [-0.2, 0) is 0 Å². The van der Waals surface area contributed by atoms with E-state index in [1.165, 1.54) is 12.3 Å². The third-order valence-corrected chi connectivity index (χ3v) is 3.04. The van der Waals surface area contributed by atoms with Gasteiger partial charge in [0.2, 0.25) is 0 Å². The Bertz CT molecular complexity index is 559. The van der Waals surface area contributed by atoms with Crippen molar-refractivity contribution in [1.82, 2.24) is 14.9 Å². The Hall–Kier alpha value is -1.89. The molecule has 1 N–H and O–H groups in total. The topological polar surface area (TPSA) is 54.9 Å². The average Bonchev–Trinajstić information content (AvgIpc) is 2.86. The minimum Gasteiger partial charge on any atom is -0.345 e. The van der Waals surface area contributed by atoms with E-state index in [0.29, 0.717) is 10.4 Å². The highest BCUT2D eigenvalue weighted by atomic mass is 32.1. The van der Waals surface area contributed by atoms with Crippen molar-refractivity contribution >= 4 is 17.4 Å². The van der Waals surface area contributed by atoms with Crippen molar-refractivity contribution < 1.29 is 13.6 Å². The van der Waals surface area contributed by atoms with Crippen LogP contribution < -0.4 is 5.32 Å². The largest absolute Gasteiger partial charge is 0.345 e. The van der Waals surface area contributed by atoms with Gasteiger partial charge in [-0.25, -0.2) is 8.78 Å². The van der Waals surface area contributed by atoms with E-state index in [-0.39, 0.29) is 5.91 Å². The summed E-state index contributed by atoms with van der Waals surface area (Å²) in [7, 11) is 0. The number of hydrogen-bond donors (Lipinski definition) is 1. The molecule has 1 aromatic heterocycles. The number of aromatic nitrogens is 2. The molecule has 2 aromatic rings. The van der Waals surface area contributed by atoms with Crippen molar-refractivity contribution in [2.45, 2.75) is 13.0 Å². The maximum Gasteiger partial charge on any atom is 0.265 e. The van der Waals surface area contributed by atoms with E-state index in [0.717, 1.165) is 23.7 Å². The number of halogens is 2. The summed E-state index contributed by atoms with van der Waals surface area (Å²) in [4.78, 5) is 12.1. The van der Waals surface area contributed by atoms with Gasteiger partial charge in [-0.15, -0.1) is 5.10 Å². The van der Waals surface area contributed by atoms with E-state index < -0.39 is 17.7 Å². The molecule has 0 spiro atoms. The number of benzene rings is 1. The number of carbonyl (C=O) groups excluding carboxylic acids is 1. The van der Waals surface area contributed by atoms with E-state index in [2.05, 4.69) is 14.9 Å². The third-order valence-electron chi connectivity index (χ3n) is 2.38. The molecule has 0 aliphatic rings. The minimum atomic E-state index is -0.937. The Morgan fingerprint density at radius 2 is 2.17 bits per heavy atom. The van der Waals surface area contributed by atoms with E-state index >= 15 is 0 Å². The van der Waals surface area contributed by atoms with Crippen molar-refractivity contribution in [3.05, 3.63) is 46.5 Å². The van der Waals surface area contributed by atoms with E-state index in [1.807, 2.05) is 0 Å². The number of nitrogens with one attached hydrogen (secondary N) is 1. The zero-order valence-electron chi connectivity index (χ0n) is 9.35. The van der Waals surface area contributed by atoms with Crippen LogP contribution in [0.25, 0.3) is 0 Å². The number of hydrogen-bond acceptors (Lipinski definition) is 4. The zero-order chi connectivity index (χ0) is 13.1. The molecule has 1 unspecified atom stereocenters. The fourth-order valence-electron chi connectivity index (χ4n) is 1.40. The van der Waals surface area contributed by atoms with Gasteiger partial charge in [0.1, 0.15) is 4.88 Å². The smallest absolute Gasteiger partial charge is 0.265 e. The molecule has 0 saturated carbocycles. The number of rotatable bonds is 3. The van der Waals surface area contributed by atoms with Crippen LogP contribution >= 0.6 is 11.5 Å². The van der Waals surface area contributed by atoms with Gasteiger partial charge in [-0.1, -0.05) is 10.6 Å². The highest BCUT2D eigenvalue weighted by molar-refractivity contribution is 7.07. The molecular weight excluding hydrogens is 260 g/mol. The average molecular weight is 269 g/mol. The highest BCUT2D eigenvalue weighted by Crippen LogP contribution is 2.16. The molecule has 1 aromatic carbocycles. The van der Waals surface area contributed by atoms with Crippen LogP contribution in [0, 0.1) is 11.6 Å². The maximum atomic E-state index is 13.0. The molecule has 1 atom stereocenters. The lowest BCUT2D eigenvalue weighted by molar-refractivity contribution is 0.0943. The van der Waals surface area contributed by atoms with Crippen molar-refractivity contribution in [2.75, 3.05) is 0 Å². The molecule has 0 saturated heterocycles. The number of amides is 1. The lowest BCUT2D eigenvalue weighted by Gasteiger charge is -2.13. The Morgan fingerprint density at radius 3 is 2.78 bits per heavy atom. The monoisotopic (exact) mass is 269 g/mol. The normalized spacial score (nSPS) is 12.2. The van der Waals surface area contributed by atoms with Crippen LogP contribution in [-0.4, -0.2) is 15.5 Å². The molecule has 2 rings (SSSR count). The molecule has 1 heterocycles. The fourth-order valence-corrected chi connectivity index (χ4v) is 1.82. The lowest BCUT2D eigenvalue weighted by Crippen LogP contribution is -2.26. The van der Waals surface area contributed by atoms with Gasteiger partial charge in [-0.3, -0.25) is 4.79 Å². The summed E-state index contributed by atoms with van der Waals surface area (Å²) in [5.74, 6) is -2.20. The number of carbonyl (C=O) groups is 1. The van der Waals surface area contributed by atoms with Crippen molar-refractivity contribution in [2.24, 2.45) is 0 Å². The second-order valence-electron chi connectivity index (χ2n) is 3.65. The molecule has 0 radical (unpaired) electrons. The first kappa shape index (κ1) is 12.6. The van der Waals surface area contributed by atoms with Crippen LogP contribution in [0.3, 0.4) is 0 Å². The van der Waals surface area contributed by atoms with Gasteiger partial charge in [-0.05, 0) is 36.2 Å². The van der Waals surface area contributed by atoms with Gasteiger partial charge in [0.05, 0.1) is 12.2 Å². The minimum absolute atomic E-state index is 0.345. The number of nitrogens with zero attached hydrogens (tertiary/aromatic N) is 2. The van der Waals surface area contributed by atoms with Crippen LogP contribution in [0.2, 0.25) is 0 Å². The molecule has 18 heavy (non-hydrogen) atoms. The molecule has 0 aliphatic heterocycles. The summed E-state index contributed by atoms with van der Waals surface area (Å²) in [5, 5.41) is 6.19. The zero-order valence-corrected chi connectivity index (χ0v) is 10.2. The lowest BCUT2D eigenvalue weighted by atomic mass is 10.1. The molecule has 1 amide bonds. The van der Waals surface area contributed by atoms with Gasteiger partial charge < -0.3 is 5.32 Å². The summed E-state index contributed by atoms with van der Waals surface area (Å²) < 4.78 is 29.4. The molecule has 0 bridgehead atoms. The van der Waals surface area contributed by atoms with Gasteiger partial charge >= 0.3 is 0 Å². The summed E-state index contributed by atoms with van der Waals surface area (Å²) in [6, 6.07) is 3.08. The predicted molar refractivity (Wildman–Crippen MR) is 62.1 cm³/mol.